The first-order chi connectivity index (χ1) is 14.4. The first-order valence-corrected chi connectivity index (χ1v) is 10.3. The lowest BCUT2D eigenvalue weighted by Gasteiger charge is -2.12. The highest BCUT2D eigenvalue weighted by molar-refractivity contribution is 7.14. The molecule has 30 heavy (non-hydrogen) atoms. The van der Waals surface area contributed by atoms with Crippen LogP contribution in [0.1, 0.15) is 22.4 Å². The molecule has 0 aliphatic carbocycles. The van der Waals surface area contributed by atoms with Crippen LogP contribution in [0, 0.1) is 20.8 Å². The number of benzene rings is 2. The Morgan fingerprint density at radius 2 is 1.73 bits per heavy atom. The molecule has 0 aliphatic heterocycles. The minimum atomic E-state index is -0.434. The Kier molecular flexibility index (Phi) is 6.68. The third kappa shape index (κ3) is 5.36. The maximum absolute atomic E-state index is 12.5. The fourth-order valence-corrected chi connectivity index (χ4v) is 3.87. The van der Waals surface area contributed by atoms with Crippen LogP contribution >= 0.6 is 11.3 Å². The van der Waals surface area contributed by atoms with E-state index in [1.807, 2.05) is 39.0 Å². The zero-order valence-corrected chi connectivity index (χ0v) is 18.1. The first kappa shape index (κ1) is 21.3. The van der Waals surface area contributed by atoms with Crippen molar-refractivity contribution in [1.82, 2.24) is 4.98 Å². The molecule has 1 heterocycles. The summed E-state index contributed by atoms with van der Waals surface area (Å²) in [6, 6.07) is 10.8. The number of amides is 3. The summed E-state index contributed by atoms with van der Waals surface area (Å²) >= 11 is 1.26. The lowest BCUT2D eigenvalue weighted by Crippen LogP contribution is -2.20. The van der Waals surface area contributed by atoms with Gasteiger partial charge in [0.25, 0.3) is 0 Å². The van der Waals surface area contributed by atoms with Crippen molar-refractivity contribution in [2.45, 2.75) is 27.2 Å². The average molecular weight is 425 g/mol. The molecule has 0 saturated heterocycles. The SMILES string of the molecule is COc1ccccc1NC(=O)Nc1nc(CC(=O)Nc2c(C)cc(C)cc2C)cs1. The minimum Gasteiger partial charge on any atom is -0.495 e. The number of hydrogen-bond acceptors (Lipinski definition) is 5. The summed E-state index contributed by atoms with van der Waals surface area (Å²) < 4.78 is 5.22. The second-order valence-corrected chi connectivity index (χ2v) is 7.78. The van der Waals surface area contributed by atoms with Crippen molar-refractivity contribution in [3.05, 3.63) is 64.2 Å². The number of carbonyl (C=O) groups excluding carboxylic acids is 2. The molecule has 2 aromatic carbocycles. The van der Waals surface area contributed by atoms with Crippen LogP contribution in [0.15, 0.2) is 41.8 Å². The van der Waals surface area contributed by atoms with Gasteiger partial charge in [0.05, 0.1) is 24.9 Å². The molecule has 3 rings (SSSR count). The Morgan fingerprint density at radius 3 is 2.43 bits per heavy atom. The van der Waals surface area contributed by atoms with E-state index in [2.05, 4.69) is 20.9 Å². The van der Waals surface area contributed by atoms with E-state index in [4.69, 9.17) is 4.74 Å². The Hall–Kier alpha value is -3.39. The van der Waals surface area contributed by atoms with Crippen molar-refractivity contribution in [2.75, 3.05) is 23.1 Å². The van der Waals surface area contributed by atoms with Crippen molar-refractivity contribution in [3.63, 3.8) is 0 Å². The number of methoxy groups -OCH3 is 1. The summed E-state index contributed by atoms with van der Waals surface area (Å²) in [5, 5.41) is 10.5. The van der Waals surface area contributed by atoms with E-state index in [-0.39, 0.29) is 12.3 Å². The normalized spacial score (nSPS) is 10.4. The maximum atomic E-state index is 12.5. The van der Waals surface area contributed by atoms with Gasteiger partial charge in [-0.15, -0.1) is 11.3 Å². The number of carbonyl (C=O) groups is 2. The Bertz CT molecular complexity index is 1050. The summed E-state index contributed by atoms with van der Waals surface area (Å²) in [4.78, 5) is 29.0. The number of ether oxygens (including phenoxy) is 1. The van der Waals surface area contributed by atoms with Gasteiger partial charge in [-0.25, -0.2) is 9.78 Å². The zero-order valence-electron chi connectivity index (χ0n) is 17.3. The highest BCUT2D eigenvalue weighted by Gasteiger charge is 2.13. The van der Waals surface area contributed by atoms with Crippen LogP contribution in [0.5, 0.6) is 5.75 Å². The average Bonchev–Trinajstić information content (AvgIpc) is 3.11. The van der Waals surface area contributed by atoms with Crippen molar-refractivity contribution >= 4 is 39.8 Å². The smallest absolute Gasteiger partial charge is 0.325 e. The van der Waals surface area contributed by atoms with E-state index in [0.717, 1.165) is 22.4 Å². The molecule has 8 heteroatoms. The molecule has 0 bridgehead atoms. The van der Waals surface area contributed by atoms with Crippen LogP contribution in [-0.2, 0) is 11.2 Å². The molecule has 0 atom stereocenters. The highest BCUT2D eigenvalue weighted by Crippen LogP contribution is 2.24. The summed E-state index contributed by atoms with van der Waals surface area (Å²) in [5.74, 6) is 0.409. The van der Waals surface area contributed by atoms with E-state index in [1.165, 1.54) is 18.4 Å². The van der Waals surface area contributed by atoms with Gasteiger partial charge in [-0.2, -0.15) is 0 Å². The number of aromatic nitrogens is 1. The summed E-state index contributed by atoms with van der Waals surface area (Å²) in [5.41, 5.74) is 5.17. The molecule has 0 aliphatic rings. The number of aryl methyl sites for hydroxylation is 3. The van der Waals surface area contributed by atoms with Gasteiger partial charge in [-0.1, -0.05) is 29.8 Å². The third-order valence-electron chi connectivity index (χ3n) is 4.41. The molecule has 0 fully saturated rings. The Labute approximate surface area is 179 Å². The quantitative estimate of drug-likeness (QED) is 0.525. The zero-order chi connectivity index (χ0) is 21.7. The van der Waals surface area contributed by atoms with Gasteiger partial charge in [0, 0.05) is 11.1 Å². The number of nitrogens with zero attached hydrogens (tertiary/aromatic N) is 1. The van der Waals surface area contributed by atoms with Gasteiger partial charge in [-0.3, -0.25) is 10.1 Å². The maximum Gasteiger partial charge on any atom is 0.325 e. The van der Waals surface area contributed by atoms with Crippen LogP contribution in [0.4, 0.5) is 21.3 Å². The Balaban J connectivity index is 1.58. The van der Waals surface area contributed by atoms with E-state index in [0.29, 0.717) is 22.3 Å². The van der Waals surface area contributed by atoms with Crippen LogP contribution in [0.2, 0.25) is 0 Å². The second-order valence-electron chi connectivity index (χ2n) is 6.92. The number of thiazole rings is 1. The van der Waals surface area contributed by atoms with Gasteiger partial charge < -0.3 is 15.4 Å². The van der Waals surface area contributed by atoms with E-state index < -0.39 is 6.03 Å². The summed E-state index contributed by atoms with van der Waals surface area (Å²) in [7, 11) is 1.54. The van der Waals surface area contributed by atoms with Crippen molar-refractivity contribution < 1.29 is 14.3 Å². The number of rotatable bonds is 6. The monoisotopic (exact) mass is 424 g/mol. The van der Waals surface area contributed by atoms with Crippen LogP contribution in [0.25, 0.3) is 0 Å². The molecule has 7 nitrogen and oxygen atoms in total. The summed E-state index contributed by atoms with van der Waals surface area (Å²) in [6.07, 6.45) is 0.124. The van der Waals surface area contributed by atoms with Gasteiger partial charge in [-0.05, 0) is 44.0 Å². The predicted molar refractivity (Wildman–Crippen MR) is 121 cm³/mol. The molecular weight excluding hydrogens is 400 g/mol. The summed E-state index contributed by atoms with van der Waals surface area (Å²) in [6.45, 7) is 5.97. The van der Waals surface area contributed by atoms with Crippen molar-refractivity contribution in [3.8, 4) is 5.75 Å². The van der Waals surface area contributed by atoms with Gasteiger partial charge in [0.2, 0.25) is 5.91 Å². The number of nitrogens with one attached hydrogen (secondary N) is 3. The van der Waals surface area contributed by atoms with E-state index in [1.54, 1.807) is 23.6 Å². The predicted octanol–water partition coefficient (Wildman–Crippen LogP) is 4.90. The van der Waals surface area contributed by atoms with Crippen molar-refractivity contribution in [2.24, 2.45) is 0 Å². The molecule has 0 radical (unpaired) electrons. The molecule has 0 unspecified atom stereocenters. The van der Waals surface area contributed by atoms with E-state index in [9.17, 15) is 9.59 Å². The van der Waals surface area contributed by atoms with Gasteiger partial charge >= 0.3 is 6.03 Å². The third-order valence-corrected chi connectivity index (χ3v) is 5.22. The minimum absolute atomic E-state index is 0.124. The fourth-order valence-electron chi connectivity index (χ4n) is 3.17. The van der Waals surface area contributed by atoms with Crippen molar-refractivity contribution in [1.29, 1.82) is 0 Å². The number of urea groups is 1. The fraction of sp³-hybridized carbons (Fsp3) is 0.227. The molecular formula is C22H24N4O3S. The molecule has 3 aromatic rings. The van der Waals surface area contributed by atoms with Gasteiger partial charge in [0.1, 0.15) is 5.75 Å². The lowest BCUT2D eigenvalue weighted by atomic mass is 10.0. The highest BCUT2D eigenvalue weighted by atomic mass is 32.1. The molecule has 0 spiro atoms. The van der Waals surface area contributed by atoms with E-state index >= 15 is 0 Å². The topological polar surface area (TPSA) is 92.3 Å². The number of para-hydroxylation sites is 2. The Morgan fingerprint density at radius 1 is 1.03 bits per heavy atom. The molecule has 3 amide bonds. The number of hydrogen-bond donors (Lipinski definition) is 3. The number of anilines is 3. The molecule has 3 N–H and O–H groups in total. The molecule has 0 saturated carbocycles. The molecule has 156 valence electrons. The van der Waals surface area contributed by atoms with Gasteiger partial charge in [0.15, 0.2) is 5.13 Å². The molecule has 1 aromatic heterocycles. The first-order valence-electron chi connectivity index (χ1n) is 9.39. The second kappa shape index (κ2) is 9.41. The largest absolute Gasteiger partial charge is 0.495 e. The standard InChI is InChI=1S/C22H24N4O3S/c1-13-9-14(2)20(15(3)10-13)25-19(27)11-16-12-30-22(23-16)26-21(28)24-17-7-5-6-8-18(17)29-4/h5-10,12H,11H2,1-4H3,(H,25,27)(H2,23,24,26,28). The van der Waals surface area contributed by atoms with Crippen LogP contribution in [0.3, 0.4) is 0 Å². The lowest BCUT2D eigenvalue weighted by molar-refractivity contribution is -0.115. The van der Waals surface area contributed by atoms with Crippen LogP contribution in [-0.4, -0.2) is 24.0 Å². The van der Waals surface area contributed by atoms with Crippen LogP contribution < -0.4 is 20.7 Å².